The van der Waals surface area contributed by atoms with Gasteiger partial charge < -0.3 is 4.74 Å². The molecule has 0 radical (unpaired) electrons. The molecule has 2 aromatic rings. The Morgan fingerprint density at radius 1 is 0.960 bits per heavy atom. The van der Waals surface area contributed by atoms with Crippen molar-refractivity contribution in [2.45, 2.75) is 18.2 Å². The minimum atomic E-state index is -0.226. The standard InChI is InChI=1S/C20H19NO3S/c1-3-13-21-19(22)17(14-9-11-15(24-2)12-10-14)18(20(21)23)25-16-7-5-4-6-8-16/h4-12H,3,13H2,1-2H3. The monoisotopic (exact) mass is 353 g/mol. The van der Waals surface area contributed by atoms with E-state index in [4.69, 9.17) is 4.74 Å². The van der Waals surface area contributed by atoms with Crippen LogP contribution in [-0.4, -0.2) is 30.4 Å². The number of ether oxygens (including phenoxy) is 1. The molecule has 0 aliphatic carbocycles. The van der Waals surface area contributed by atoms with E-state index in [0.29, 0.717) is 22.8 Å². The third-order valence-electron chi connectivity index (χ3n) is 3.91. The average molecular weight is 353 g/mol. The van der Waals surface area contributed by atoms with Crippen LogP contribution < -0.4 is 4.74 Å². The summed E-state index contributed by atoms with van der Waals surface area (Å²) in [5, 5.41) is 0. The highest BCUT2D eigenvalue weighted by molar-refractivity contribution is 8.04. The van der Waals surface area contributed by atoms with E-state index in [-0.39, 0.29) is 11.8 Å². The van der Waals surface area contributed by atoms with Crippen LogP contribution in [0.1, 0.15) is 18.9 Å². The number of imide groups is 1. The minimum Gasteiger partial charge on any atom is -0.497 e. The third kappa shape index (κ3) is 3.46. The first-order chi connectivity index (χ1) is 12.2. The molecule has 0 bridgehead atoms. The van der Waals surface area contributed by atoms with Gasteiger partial charge in [0.15, 0.2) is 0 Å². The van der Waals surface area contributed by atoms with Crippen LogP contribution in [0.4, 0.5) is 0 Å². The van der Waals surface area contributed by atoms with Crippen molar-refractivity contribution in [3.63, 3.8) is 0 Å². The maximum atomic E-state index is 12.9. The average Bonchev–Trinajstić information content (AvgIpc) is 2.87. The second-order valence-electron chi connectivity index (χ2n) is 5.61. The summed E-state index contributed by atoms with van der Waals surface area (Å²) in [6.45, 7) is 2.38. The van der Waals surface area contributed by atoms with Gasteiger partial charge in [0.25, 0.3) is 11.8 Å². The molecule has 0 spiro atoms. The fourth-order valence-corrected chi connectivity index (χ4v) is 3.73. The number of nitrogens with zero attached hydrogens (tertiary/aromatic N) is 1. The molecule has 2 amide bonds. The van der Waals surface area contributed by atoms with Gasteiger partial charge in [-0.25, -0.2) is 0 Å². The van der Waals surface area contributed by atoms with Gasteiger partial charge in [0, 0.05) is 11.4 Å². The van der Waals surface area contributed by atoms with Crippen LogP contribution in [0.2, 0.25) is 0 Å². The topological polar surface area (TPSA) is 46.6 Å². The molecule has 2 aromatic carbocycles. The zero-order valence-corrected chi connectivity index (χ0v) is 15.0. The number of hydrogen-bond acceptors (Lipinski definition) is 4. The molecular weight excluding hydrogens is 334 g/mol. The molecule has 0 fully saturated rings. The Labute approximate surface area is 151 Å². The predicted molar refractivity (Wildman–Crippen MR) is 99.2 cm³/mol. The fraction of sp³-hybridized carbons (Fsp3) is 0.200. The number of hydrogen-bond donors (Lipinski definition) is 0. The van der Waals surface area contributed by atoms with Gasteiger partial charge in [0.1, 0.15) is 5.75 Å². The van der Waals surface area contributed by atoms with Gasteiger partial charge in [-0.3, -0.25) is 14.5 Å². The molecule has 25 heavy (non-hydrogen) atoms. The second kappa shape index (κ2) is 7.57. The molecule has 128 valence electrons. The molecule has 0 unspecified atom stereocenters. The SMILES string of the molecule is CCCN1C(=O)C(Sc2ccccc2)=C(c2ccc(OC)cc2)C1=O. The summed E-state index contributed by atoms with van der Waals surface area (Å²) < 4.78 is 5.18. The fourth-order valence-electron chi connectivity index (χ4n) is 2.69. The van der Waals surface area contributed by atoms with Gasteiger partial charge in [-0.05, 0) is 36.2 Å². The van der Waals surface area contributed by atoms with E-state index in [2.05, 4.69) is 0 Å². The van der Waals surface area contributed by atoms with E-state index < -0.39 is 0 Å². The van der Waals surface area contributed by atoms with E-state index in [1.807, 2.05) is 49.4 Å². The lowest BCUT2D eigenvalue weighted by Crippen LogP contribution is -2.32. The molecule has 0 aromatic heterocycles. The number of benzene rings is 2. The summed E-state index contributed by atoms with van der Waals surface area (Å²) in [7, 11) is 1.60. The summed E-state index contributed by atoms with van der Waals surface area (Å²) in [6, 6.07) is 16.9. The molecule has 1 aliphatic heterocycles. The second-order valence-corrected chi connectivity index (χ2v) is 6.69. The number of methoxy groups -OCH3 is 1. The molecular formula is C20H19NO3S. The smallest absolute Gasteiger partial charge is 0.268 e. The van der Waals surface area contributed by atoms with Crippen molar-refractivity contribution in [3.8, 4) is 5.75 Å². The van der Waals surface area contributed by atoms with Crippen LogP contribution in [0.15, 0.2) is 64.4 Å². The molecule has 0 N–H and O–H groups in total. The normalized spacial score (nSPS) is 14.4. The number of thioether (sulfide) groups is 1. The van der Waals surface area contributed by atoms with Crippen molar-refractivity contribution >= 4 is 29.1 Å². The highest BCUT2D eigenvalue weighted by Gasteiger charge is 2.38. The van der Waals surface area contributed by atoms with E-state index in [1.165, 1.54) is 16.7 Å². The van der Waals surface area contributed by atoms with Crippen molar-refractivity contribution in [3.05, 3.63) is 65.1 Å². The van der Waals surface area contributed by atoms with Gasteiger partial charge in [-0.2, -0.15) is 0 Å². The lowest BCUT2D eigenvalue weighted by Gasteiger charge is -2.13. The molecule has 5 heteroatoms. The third-order valence-corrected chi connectivity index (χ3v) is 5.01. The first-order valence-corrected chi connectivity index (χ1v) is 8.95. The first-order valence-electron chi connectivity index (χ1n) is 8.13. The maximum Gasteiger partial charge on any atom is 0.268 e. The number of rotatable bonds is 6. The molecule has 0 saturated heterocycles. The Balaban J connectivity index is 2.05. The molecule has 1 heterocycles. The summed E-state index contributed by atoms with van der Waals surface area (Å²) in [4.78, 5) is 28.4. The molecule has 0 atom stereocenters. The summed E-state index contributed by atoms with van der Waals surface area (Å²) in [5.74, 6) is 0.269. The first kappa shape index (κ1) is 17.3. The van der Waals surface area contributed by atoms with Gasteiger partial charge in [0.05, 0.1) is 17.6 Å². The van der Waals surface area contributed by atoms with Gasteiger partial charge in [-0.15, -0.1) is 0 Å². The molecule has 1 aliphatic rings. The number of amides is 2. The van der Waals surface area contributed by atoms with Crippen LogP contribution >= 0.6 is 11.8 Å². The Hall–Kier alpha value is -2.53. The van der Waals surface area contributed by atoms with Crippen LogP contribution in [0.3, 0.4) is 0 Å². The summed E-state index contributed by atoms with van der Waals surface area (Å²) >= 11 is 1.34. The van der Waals surface area contributed by atoms with E-state index in [1.54, 1.807) is 19.2 Å². The van der Waals surface area contributed by atoms with Gasteiger partial charge >= 0.3 is 0 Å². The van der Waals surface area contributed by atoms with E-state index >= 15 is 0 Å². The quantitative estimate of drug-likeness (QED) is 0.737. The highest BCUT2D eigenvalue weighted by Crippen LogP contribution is 2.39. The Morgan fingerprint density at radius 2 is 1.64 bits per heavy atom. The van der Waals surface area contributed by atoms with Crippen molar-refractivity contribution in [2.75, 3.05) is 13.7 Å². The Kier molecular flexibility index (Phi) is 5.24. The van der Waals surface area contributed by atoms with Crippen molar-refractivity contribution in [1.82, 2.24) is 4.90 Å². The van der Waals surface area contributed by atoms with E-state index in [9.17, 15) is 9.59 Å². The Bertz CT molecular complexity index is 813. The summed E-state index contributed by atoms with van der Waals surface area (Å²) in [6.07, 6.45) is 0.733. The lowest BCUT2D eigenvalue weighted by atomic mass is 10.1. The van der Waals surface area contributed by atoms with Gasteiger partial charge in [-0.1, -0.05) is 49.0 Å². The van der Waals surface area contributed by atoms with Crippen molar-refractivity contribution in [1.29, 1.82) is 0 Å². The number of carbonyl (C=O) groups is 2. The van der Waals surface area contributed by atoms with E-state index in [0.717, 1.165) is 16.9 Å². The lowest BCUT2D eigenvalue weighted by molar-refractivity contribution is -0.136. The molecule has 4 nitrogen and oxygen atoms in total. The number of carbonyl (C=O) groups excluding carboxylic acids is 2. The highest BCUT2D eigenvalue weighted by atomic mass is 32.2. The molecule has 3 rings (SSSR count). The van der Waals surface area contributed by atoms with Crippen LogP contribution in [0.25, 0.3) is 5.57 Å². The zero-order valence-electron chi connectivity index (χ0n) is 14.2. The summed E-state index contributed by atoms with van der Waals surface area (Å²) in [5.41, 5.74) is 1.20. The molecule has 0 saturated carbocycles. The predicted octanol–water partition coefficient (Wildman–Crippen LogP) is 3.98. The largest absolute Gasteiger partial charge is 0.497 e. The maximum absolute atomic E-state index is 12.9. The Morgan fingerprint density at radius 3 is 2.24 bits per heavy atom. The minimum absolute atomic E-state index is 0.216. The van der Waals surface area contributed by atoms with Crippen molar-refractivity contribution in [2.24, 2.45) is 0 Å². The van der Waals surface area contributed by atoms with Crippen LogP contribution in [-0.2, 0) is 9.59 Å². The van der Waals surface area contributed by atoms with Crippen LogP contribution in [0, 0.1) is 0 Å². The van der Waals surface area contributed by atoms with Gasteiger partial charge in [0.2, 0.25) is 0 Å². The zero-order chi connectivity index (χ0) is 17.8. The van der Waals surface area contributed by atoms with Crippen molar-refractivity contribution < 1.29 is 14.3 Å². The van der Waals surface area contributed by atoms with Crippen LogP contribution in [0.5, 0.6) is 5.75 Å².